The highest BCUT2D eigenvalue weighted by atomic mass is 16.7. The van der Waals surface area contributed by atoms with Crippen LogP contribution in [0.1, 0.15) is 50.2 Å². The third-order valence-corrected chi connectivity index (χ3v) is 4.85. The number of hydrogen-bond acceptors (Lipinski definition) is 3. The van der Waals surface area contributed by atoms with Crippen LogP contribution in [0.25, 0.3) is 0 Å². The van der Waals surface area contributed by atoms with E-state index in [0.29, 0.717) is 11.8 Å². The van der Waals surface area contributed by atoms with E-state index < -0.39 is 0 Å². The molecule has 0 N–H and O–H groups in total. The Morgan fingerprint density at radius 1 is 1.26 bits per heavy atom. The topological polar surface area (TPSA) is 21.7 Å². The highest BCUT2D eigenvalue weighted by molar-refractivity contribution is 5.40. The first-order valence-electron chi connectivity index (χ1n) is 8.78. The fourth-order valence-corrected chi connectivity index (χ4v) is 3.42. The third kappa shape index (κ3) is 4.10. The molecule has 2 unspecified atom stereocenters. The molecule has 1 aromatic carbocycles. The van der Waals surface area contributed by atoms with E-state index in [-0.39, 0.29) is 0 Å². The van der Waals surface area contributed by atoms with Crippen LogP contribution < -0.4 is 4.74 Å². The largest absolute Gasteiger partial charge is 0.493 e. The average molecular weight is 313 g/mol. The summed E-state index contributed by atoms with van der Waals surface area (Å²) >= 11 is 0. The van der Waals surface area contributed by atoms with Crippen molar-refractivity contribution < 1.29 is 9.57 Å². The van der Waals surface area contributed by atoms with Crippen molar-refractivity contribution in [3.63, 3.8) is 0 Å². The molecule has 0 aliphatic carbocycles. The maximum absolute atomic E-state index is 5.62. The van der Waals surface area contributed by atoms with Crippen molar-refractivity contribution in [1.82, 2.24) is 5.06 Å². The van der Waals surface area contributed by atoms with Gasteiger partial charge in [0, 0.05) is 12.6 Å². The molecule has 0 fully saturated rings. The Bertz CT molecular complexity index is 579. The lowest BCUT2D eigenvalue weighted by Crippen LogP contribution is -2.20. The minimum atomic E-state index is 0.633. The molecular weight excluding hydrogens is 286 g/mol. The van der Waals surface area contributed by atoms with Gasteiger partial charge in [0.1, 0.15) is 12.0 Å². The van der Waals surface area contributed by atoms with E-state index in [1.165, 1.54) is 24.0 Å². The van der Waals surface area contributed by atoms with E-state index in [9.17, 15) is 0 Å². The van der Waals surface area contributed by atoms with Crippen LogP contribution in [0.4, 0.5) is 0 Å². The third-order valence-electron chi connectivity index (χ3n) is 4.85. The maximum atomic E-state index is 5.62. The van der Waals surface area contributed by atoms with Crippen LogP contribution in [0.2, 0.25) is 0 Å². The number of nitrogens with zero attached hydrogens (tertiary/aromatic N) is 1. The summed E-state index contributed by atoms with van der Waals surface area (Å²) in [7, 11) is 0. The number of hydrogen-bond donors (Lipinski definition) is 0. The number of ether oxygens (including phenoxy) is 1. The summed E-state index contributed by atoms with van der Waals surface area (Å²) in [6.07, 6.45) is 12.2. The second-order valence-electron chi connectivity index (χ2n) is 6.62. The molecule has 0 bridgehead atoms. The van der Waals surface area contributed by atoms with E-state index in [1.807, 2.05) is 23.4 Å². The average Bonchev–Trinajstić information content (AvgIpc) is 3.06. The van der Waals surface area contributed by atoms with Gasteiger partial charge in [-0.25, -0.2) is 5.06 Å². The van der Waals surface area contributed by atoms with Crippen molar-refractivity contribution in [3.8, 4) is 5.75 Å². The van der Waals surface area contributed by atoms with Crippen LogP contribution in [0.5, 0.6) is 5.75 Å². The Morgan fingerprint density at radius 3 is 2.96 bits per heavy atom. The van der Waals surface area contributed by atoms with Crippen molar-refractivity contribution in [2.45, 2.75) is 45.4 Å². The van der Waals surface area contributed by atoms with E-state index >= 15 is 0 Å². The Balaban J connectivity index is 1.54. The van der Waals surface area contributed by atoms with Gasteiger partial charge in [-0.1, -0.05) is 26.0 Å². The lowest BCUT2D eigenvalue weighted by molar-refractivity contribution is -0.0626. The maximum Gasteiger partial charge on any atom is 0.122 e. The lowest BCUT2D eigenvalue weighted by Gasteiger charge is -2.24. The summed E-state index contributed by atoms with van der Waals surface area (Å²) in [6, 6.07) is 6.78. The second kappa shape index (κ2) is 7.58. The summed E-state index contributed by atoms with van der Waals surface area (Å²) in [5.41, 5.74) is 2.85. The van der Waals surface area contributed by atoms with E-state index in [4.69, 9.17) is 9.57 Å². The van der Waals surface area contributed by atoms with Gasteiger partial charge in [0.2, 0.25) is 0 Å². The Kier molecular flexibility index (Phi) is 5.27. The van der Waals surface area contributed by atoms with Crippen LogP contribution in [-0.2, 0) is 11.3 Å². The van der Waals surface area contributed by atoms with Crippen molar-refractivity contribution in [2.75, 3.05) is 13.2 Å². The van der Waals surface area contributed by atoms with Crippen molar-refractivity contribution in [2.24, 2.45) is 5.92 Å². The normalized spacial score (nSPS) is 18.3. The number of benzene rings is 1. The van der Waals surface area contributed by atoms with Gasteiger partial charge < -0.3 is 9.57 Å². The van der Waals surface area contributed by atoms with Crippen molar-refractivity contribution in [3.05, 3.63) is 53.9 Å². The summed E-state index contributed by atoms with van der Waals surface area (Å²) in [4.78, 5) is 5.45. The summed E-state index contributed by atoms with van der Waals surface area (Å²) in [6.45, 7) is 6.42. The smallest absolute Gasteiger partial charge is 0.122 e. The van der Waals surface area contributed by atoms with Crippen LogP contribution in [0, 0.1) is 5.92 Å². The van der Waals surface area contributed by atoms with Gasteiger partial charge in [-0.3, -0.25) is 0 Å². The second-order valence-corrected chi connectivity index (χ2v) is 6.62. The molecule has 3 rings (SSSR count). The highest BCUT2D eigenvalue weighted by Gasteiger charge is 2.18. The number of allylic oxidation sites excluding steroid dienone is 2. The van der Waals surface area contributed by atoms with Gasteiger partial charge >= 0.3 is 0 Å². The van der Waals surface area contributed by atoms with Gasteiger partial charge in [-0.2, -0.15) is 0 Å². The van der Waals surface area contributed by atoms with E-state index in [2.05, 4.69) is 32.0 Å². The molecule has 2 aliphatic rings. The molecule has 23 heavy (non-hydrogen) atoms. The first kappa shape index (κ1) is 16.0. The predicted octanol–water partition coefficient (Wildman–Crippen LogP) is 4.81. The lowest BCUT2D eigenvalue weighted by atomic mass is 9.85. The molecule has 0 aromatic heterocycles. The Labute approximate surface area is 139 Å². The fraction of sp³-hybridized carbons (Fsp3) is 0.500. The van der Waals surface area contributed by atoms with Crippen LogP contribution in [0.15, 0.2) is 42.8 Å². The summed E-state index contributed by atoms with van der Waals surface area (Å²) in [5, 5.41) is 1.91. The van der Waals surface area contributed by atoms with Gasteiger partial charge in [-0.15, -0.1) is 0 Å². The van der Waals surface area contributed by atoms with Crippen molar-refractivity contribution >= 4 is 0 Å². The van der Waals surface area contributed by atoms with Crippen molar-refractivity contribution in [1.29, 1.82) is 0 Å². The molecule has 124 valence electrons. The number of fused-ring (bicyclic) bond motifs is 1. The van der Waals surface area contributed by atoms with E-state index in [1.54, 1.807) is 6.26 Å². The molecule has 0 amide bonds. The summed E-state index contributed by atoms with van der Waals surface area (Å²) in [5.74, 6) is 2.39. The van der Waals surface area contributed by atoms with Gasteiger partial charge in [-0.05, 0) is 60.4 Å². The summed E-state index contributed by atoms with van der Waals surface area (Å²) < 4.78 is 5.62. The quantitative estimate of drug-likeness (QED) is 0.721. The molecule has 1 aromatic rings. The predicted molar refractivity (Wildman–Crippen MR) is 93.1 cm³/mol. The van der Waals surface area contributed by atoms with Gasteiger partial charge in [0.25, 0.3) is 0 Å². The molecule has 2 heterocycles. The number of rotatable bonds is 7. The first-order valence-corrected chi connectivity index (χ1v) is 8.78. The molecule has 0 saturated heterocycles. The molecule has 3 nitrogen and oxygen atoms in total. The van der Waals surface area contributed by atoms with Crippen LogP contribution >= 0.6 is 0 Å². The van der Waals surface area contributed by atoms with Gasteiger partial charge in [0.15, 0.2) is 0 Å². The van der Waals surface area contributed by atoms with E-state index in [0.717, 1.165) is 31.7 Å². The molecule has 2 atom stereocenters. The zero-order valence-corrected chi connectivity index (χ0v) is 14.2. The minimum Gasteiger partial charge on any atom is -0.493 e. The van der Waals surface area contributed by atoms with Crippen LogP contribution in [0.3, 0.4) is 0 Å². The minimum absolute atomic E-state index is 0.633. The molecule has 2 aliphatic heterocycles. The molecular formula is C20H27NO2. The fourth-order valence-electron chi connectivity index (χ4n) is 3.42. The zero-order chi connectivity index (χ0) is 16.1. The molecule has 3 heteroatoms. The van der Waals surface area contributed by atoms with Gasteiger partial charge in [0.05, 0.1) is 13.2 Å². The Hall–Kier alpha value is -1.90. The molecule has 0 radical (unpaired) electrons. The molecule has 0 saturated carbocycles. The molecule has 0 spiro atoms. The van der Waals surface area contributed by atoms with Crippen LogP contribution in [-0.4, -0.2) is 18.2 Å². The standard InChI is InChI=1S/C20H27NO2/c1-3-17(18-6-7-20-19(15-18)9-13-22-20)14-16(2)8-11-21-10-4-5-12-23-21/h4-7,10,12,15-17H,3,8-9,11,13-14H2,1-2H3. The highest BCUT2D eigenvalue weighted by Crippen LogP contribution is 2.33. The zero-order valence-electron chi connectivity index (χ0n) is 14.2. The first-order chi connectivity index (χ1) is 11.3. The number of hydroxylamine groups is 2. The Morgan fingerprint density at radius 2 is 2.17 bits per heavy atom. The SMILES string of the molecule is CCC(CC(C)CCN1C=CC=CO1)c1ccc2c(c1)CCO2. The monoisotopic (exact) mass is 313 g/mol.